The standard InChI is InChI=1S/C22H24ClF3N4O2S/c23-19-15(30-11-8-22(13-30)7-6-16(22)29-9-1-2-10-29)12-14(24)21(20(19)26)33(31,32)28-18-5-3-4-17(25)27-18/h3-5,12,16H,1-2,6-11,13H2,(H,27,28)/t16-,22+/m1/s1. The monoisotopic (exact) mass is 500 g/mol. The summed E-state index contributed by atoms with van der Waals surface area (Å²) >= 11 is 6.24. The van der Waals surface area contributed by atoms with Crippen LogP contribution < -0.4 is 9.62 Å². The minimum Gasteiger partial charge on any atom is -0.370 e. The van der Waals surface area contributed by atoms with Gasteiger partial charge in [0.2, 0.25) is 5.95 Å². The summed E-state index contributed by atoms with van der Waals surface area (Å²) < 4.78 is 70.6. The lowest BCUT2D eigenvalue weighted by atomic mass is 9.63. The molecule has 0 amide bonds. The molecule has 1 spiro atoms. The molecule has 3 heterocycles. The molecule has 5 rings (SSSR count). The first kappa shape index (κ1) is 22.7. The fraction of sp³-hybridized carbons (Fsp3) is 0.500. The summed E-state index contributed by atoms with van der Waals surface area (Å²) in [7, 11) is -4.73. The Bertz CT molecular complexity index is 1190. The molecule has 1 N–H and O–H groups in total. The van der Waals surface area contributed by atoms with Gasteiger partial charge in [0.05, 0.1) is 5.69 Å². The van der Waals surface area contributed by atoms with E-state index in [1.165, 1.54) is 25.0 Å². The molecule has 1 aliphatic carbocycles. The van der Waals surface area contributed by atoms with E-state index in [4.69, 9.17) is 11.6 Å². The fourth-order valence-electron chi connectivity index (χ4n) is 5.58. The van der Waals surface area contributed by atoms with Crippen molar-refractivity contribution >= 4 is 33.1 Å². The SMILES string of the molecule is O=S(=O)(Nc1cccc(F)n1)c1c(F)cc(N2CC[C@@]3(CC[C@H]3N3CCCC3)C2)c(Cl)c1F. The normalized spacial score (nSPS) is 25.6. The molecule has 2 aromatic rings. The first-order valence-electron chi connectivity index (χ1n) is 11.0. The number of aromatic nitrogens is 1. The Morgan fingerprint density at radius 1 is 1.12 bits per heavy atom. The zero-order valence-electron chi connectivity index (χ0n) is 17.8. The number of hydrogen-bond donors (Lipinski definition) is 1. The van der Waals surface area contributed by atoms with Crippen molar-refractivity contribution in [2.45, 2.75) is 43.0 Å². The molecular weight excluding hydrogens is 477 g/mol. The van der Waals surface area contributed by atoms with Crippen LogP contribution in [-0.4, -0.2) is 50.5 Å². The molecule has 33 heavy (non-hydrogen) atoms. The molecule has 11 heteroatoms. The van der Waals surface area contributed by atoms with E-state index in [0.717, 1.165) is 44.5 Å². The number of sulfonamides is 1. The summed E-state index contributed by atoms with van der Waals surface area (Å²) in [6, 6.07) is 4.86. The predicted molar refractivity (Wildman–Crippen MR) is 119 cm³/mol. The molecule has 1 saturated carbocycles. The number of likely N-dealkylation sites (tertiary alicyclic amines) is 1. The lowest BCUT2D eigenvalue weighted by molar-refractivity contribution is 0.00199. The van der Waals surface area contributed by atoms with Crippen molar-refractivity contribution in [1.29, 1.82) is 0 Å². The molecule has 2 aliphatic heterocycles. The van der Waals surface area contributed by atoms with Crippen LogP contribution in [0.4, 0.5) is 24.7 Å². The lowest BCUT2D eigenvalue weighted by Crippen LogP contribution is -2.55. The van der Waals surface area contributed by atoms with Crippen LogP contribution >= 0.6 is 11.6 Å². The van der Waals surface area contributed by atoms with E-state index >= 15 is 4.39 Å². The zero-order chi connectivity index (χ0) is 23.4. The van der Waals surface area contributed by atoms with Crippen molar-refractivity contribution in [2.75, 3.05) is 35.8 Å². The van der Waals surface area contributed by atoms with E-state index in [9.17, 15) is 17.2 Å². The quantitative estimate of drug-likeness (QED) is 0.486. The second-order valence-corrected chi connectivity index (χ2v) is 11.1. The minimum absolute atomic E-state index is 0.0793. The third-order valence-corrected chi connectivity index (χ3v) is 9.00. The number of anilines is 2. The molecule has 6 nitrogen and oxygen atoms in total. The molecular formula is C22H24ClF3N4O2S. The van der Waals surface area contributed by atoms with Crippen LogP contribution in [0.1, 0.15) is 32.1 Å². The second-order valence-electron chi connectivity index (χ2n) is 9.12. The summed E-state index contributed by atoms with van der Waals surface area (Å²) in [6.07, 6.45) is 5.49. The number of rotatable bonds is 5. The highest BCUT2D eigenvalue weighted by molar-refractivity contribution is 7.92. The number of benzene rings is 1. The third-order valence-electron chi connectivity index (χ3n) is 7.25. The van der Waals surface area contributed by atoms with Gasteiger partial charge in [-0.2, -0.15) is 4.39 Å². The summed E-state index contributed by atoms with van der Waals surface area (Å²) in [4.78, 5) is 6.54. The Morgan fingerprint density at radius 3 is 2.55 bits per heavy atom. The topological polar surface area (TPSA) is 65.5 Å². The van der Waals surface area contributed by atoms with Crippen LogP contribution in [0.15, 0.2) is 29.2 Å². The largest absolute Gasteiger partial charge is 0.370 e. The third kappa shape index (κ3) is 3.95. The van der Waals surface area contributed by atoms with Crippen LogP contribution in [0, 0.1) is 23.0 Å². The summed E-state index contributed by atoms with van der Waals surface area (Å²) in [5.41, 5.74) is 0.231. The van der Waals surface area contributed by atoms with Gasteiger partial charge in [-0.3, -0.25) is 9.62 Å². The van der Waals surface area contributed by atoms with E-state index in [2.05, 4.69) is 9.88 Å². The molecule has 178 valence electrons. The average Bonchev–Trinajstić information content (AvgIpc) is 3.41. The van der Waals surface area contributed by atoms with Crippen molar-refractivity contribution in [3.63, 3.8) is 0 Å². The Balaban J connectivity index is 1.41. The van der Waals surface area contributed by atoms with Crippen LogP contribution in [0.3, 0.4) is 0 Å². The number of pyridine rings is 1. The maximum atomic E-state index is 15.1. The Labute approximate surface area is 195 Å². The van der Waals surface area contributed by atoms with Gasteiger partial charge in [0.25, 0.3) is 10.0 Å². The highest BCUT2D eigenvalue weighted by Gasteiger charge is 2.53. The van der Waals surface area contributed by atoms with E-state index in [1.54, 1.807) is 0 Å². The summed E-state index contributed by atoms with van der Waals surface area (Å²) in [5, 5.41) is -0.446. The van der Waals surface area contributed by atoms with Gasteiger partial charge < -0.3 is 4.90 Å². The van der Waals surface area contributed by atoms with Crippen molar-refractivity contribution in [3.05, 3.63) is 46.9 Å². The van der Waals surface area contributed by atoms with Crippen LogP contribution in [0.5, 0.6) is 0 Å². The molecule has 2 saturated heterocycles. The van der Waals surface area contributed by atoms with Gasteiger partial charge in [0, 0.05) is 30.6 Å². The molecule has 0 radical (unpaired) electrons. The first-order valence-corrected chi connectivity index (χ1v) is 12.9. The predicted octanol–water partition coefficient (Wildman–Crippen LogP) is 4.41. The molecule has 0 unspecified atom stereocenters. The Morgan fingerprint density at radius 2 is 1.88 bits per heavy atom. The van der Waals surface area contributed by atoms with Crippen LogP contribution in [-0.2, 0) is 10.0 Å². The smallest absolute Gasteiger partial charge is 0.268 e. The highest BCUT2D eigenvalue weighted by atomic mass is 35.5. The Kier molecular flexibility index (Phi) is 5.73. The number of nitrogens with zero attached hydrogens (tertiary/aromatic N) is 3. The molecule has 3 fully saturated rings. The molecule has 1 aromatic carbocycles. The van der Waals surface area contributed by atoms with E-state index in [-0.39, 0.29) is 11.1 Å². The van der Waals surface area contributed by atoms with Gasteiger partial charge in [-0.25, -0.2) is 22.2 Å². The second kappa shape index (κ2) is 8.32. The zero-order valence-corrected chi connectivity index (χ0v) is 19.4. The van der Waals surface area contributed by atoms with E-state index in [0.29, 0.717) is 19.1 Å². The summed E-state index contributed by atoms with van der Waals surface area (Å²) in [5.74, 6) is -3.97. The van der Waals surface area contributed by atoms with Gasteiger partial charge in [0.1, 0.15) is 16.7 Å². The maximum Gasteiger partial charge on any atom is 0.268 e. The number of halogens is 4. The molecule has 3 aliphatic rings. The van der Waals surface area contributed by atoms with Gasteiger partial charge in [-0.05, 0) is 57.3 Å². The fourth-order valence-corrected chi connectivity index (χ4v) is 7.05. The molecule has 0 bridgehead atoms. The Hall–Kier alpha value is -2.04. The van der Waals surface area contributed by atoms with E-state index in [1.807, 2.05) is 9.62 Å². The van der Waals surface area contributed by atoms with Crippen LogP contribution in [0.25, 0.3) is 0 Å². The van der Waals surface area contributed by atoms with Gasteiger partial charge in [-0.1, -0.05) is 17.7 Å². The summed E-state index contributed by atoms with van der Waals surface area (Å²) in [6.45, 7) is 3.41. The van der Waals surface area contributed by atoms with Crippen molar-refractivity contribution < 1.29 is 21.6 Å². The molecule has 2 atom stereocenters. The minimum atomic E-state index is -4.73. The lowest BCUT2D eigenvalue weighted by Gasteiger charge is -2.51. The van der Waals surface area contributed by atoms with Crippen molar-refractivity contribution in [2.24, 2.45) is 5.41 Å². The van der Waals surface area contributed by atoms with Gasteiger partial charge in [0.15, 0.2) is 10.7 Å². The highest BCUT2D eigenvalue weighted by Crippen LogP contribution is 2.53. The average molecular weight is 501 g/mol. The molecule has 1 aromatic heterocycles. The first-order chi connectivity index (χ1) is 15.7. The van der Waals surface area contributed by atoms with E-state index < -0.39 is 43.3 Å². The van der Waals surface area contributed by atoms with Crippen molar-refractivity contribution in [3.8, 4) is 0 Å². The van der Waals surface area contributed by atoms with Crippen LogP contribution in [0.2, 0.25) is 5.02 Å². The van der Waals surface area contributed by atoms with Crippen molar-refractivity contribution in [1.82, 2.24) is 9.88 Å². The maximum absolute atomic E-state index is 15.1. The van der Waals surface area contributed by atoms with Gasteiger partial charge in [-0.15, -0.1) is 0 Å². The number of hydrogen-bond acceptors (Lipinski definition) is 5. The van der Waals surface area contributed by atoms with Gasteiger partial charge >= 0.3 is 0 Å². The number of nitrogens with one attached hydrogen (secondary N) is 1.